The van der Waals surface area contributed by atoms with Gasteiger partial charge in [-0.1, -0.05) is 0 Å². The van der Waals surface area contributed by atoms with Gasteiger partial charge in [0.2, 0.25) is 0 Å². The molecule has 1 saturated heterocycles. The second-order valence-corrected chi connectivity index (χ2v) is 5.63. The second-order valence-electron chi connectivity index (χ2n) is 5.63. The first-order chi connectivity index (χ1) is 9.66. The van der Waals surface area contributed by atoms with Gasteiger partial charge in [-0.2, -0.15) is 0 Å². The molecule has 2 unspecified atom stereocenters. The molecule has 0 amide bonds. The van der Waals surface area contributed by atoms with Gasteiger partial charge >= 0.3 is 0 Å². The SMILES string of the molecule is COc1cc(CN2CC(CO)CCC2C)cc(OC)c1. The van der Waals surface area contributed by atoms with Gasteiger partial charge in [-0.05, 0) is 43.4 Å². The van der Waals surface area contributed by atoms with E-state index in [-0.39, 0.29) is 6.61 Å². The van der Waals surface area contributed by atoms with E-state index >= 15 is 0 Å². The summed E-state index contributed by atoms with van der Waals surface area (Å²) in [5.41, 5.74) is 1.19. The number of rotatable bonds is 5. The summed E-state index contributed by atoms with van der Waals surface area (Å²) in [5.74, 6) is 2.05. The smallest absolute Gasteiger partial charge is 0.122 e. The minimum Gasteiger partial charge on any atom is -0.497 e. The van der Waals surface area contributed by atoms with Crippen molar-refractivity contribution in [2.45, 2.75) is 32.4 Å². The Morgan fingerprint density at radius 1 is 1.15 bits per heavy atom. The Morgan fingerprint density at radius 2 is 1.80 bits per heavy atom. The molecule has 0 spiro atoms. The van der Waals surface area contributed by atoms with Crippen LogP contribution < -0.4 is 9.47 Å². The molecule has 1 fully saturated rings. The highest BCUT2D eigenvalue weighted by Crippen LogP contribution is 2.27. The topological polar surface area (TPSA) is 41.9 Å². The van der Waals surface area contributed by atoms with Gasteiger partial charge in [0.25, 0.3) is 0 Å². The van der Waals surface area contributed by atoms with E-state index in [1.165, 1.54) is 5.56 Å². The number of methoxy groups -OCH3 is 2. The Balaban J connectivity index is 2.11. The molecule has 2 rings (SSSR count). The van der Waals surface area contributed by atoms with Gasteiger partial charge in [0.1, 0.15) is 11.5 Å². The van der Waals surface area contributed by atoms with E-state index in [9.17, 15) is 5.11 Å². The van der Waals surface area contributed by atoms with Crippen LogP contribution in [-0.4, -0.2) is 43.4 Å². The van der Waals surface area contributed by atoms with E-state index in [0.717, 1.165) is 37.4 Å². The number of aliphatic hydroxyl groups is 1. The number of aliphatic hydroxyl groups excluding tert-OH is 1. The lowest BCUT2D eigenvalue weighted by atomic mass is 9.93. The Bertz CT molecular complexity index is 413. The molecule has 2 atom stereocenters. The summed E-state index contributed by atoms with van der Waals surface area (Å²) in [6.45, 7) is 4.36. The summed E-state index contributed by atoms with van der Waals surface area (Å²) < 4.78 is 10.6. The largest absolute Gasteiger partial charge is 0.497 e. The molecule has 4 nitrogen and oxygen atoms in total. The number of hydrogen-bond donors (Lipinski definition) is 1. The summed E-state index contributed by atoms with van der Waals surface area (Å²) in [7, 11) is 3.34. The highest BCUT2D eigenvalue weighted by molar-refractivity contribution is 5.38. The van der Waals surface area contributed by atoms with Gasteiger partial charge in [0.05, 0.1) is 14.2 Å². The molecular weight excluding hydrogens is 254 g/mol. The van der Waals surface area contributed by atoms with Crippen LogP contribution in [0.25, 0.3) is 0 Å². The Labute approximate surface area is 121 Å². The minimum atomic E-state index is 0.282. The summed E-state index contributed by atoms with van der Waals surface area (Å²) in [4.78, 5) is 2.43. The van der Waals surface area contributed by atoms with E-state index in [1.807, 2.05) is 6.07 Å². The van der Waals surface area contributed by atoms with E-state index in [0.29, 0.717) is 12.0 Å². The first kappa shape index (κ1) is 15.1. The van der Waals surface area contributed by atoms with Crippen molar-refractivity contribution >= 4 is 0 Å². The molecule has 1 N–H and O–H groups in total. The maximum Gasteiger partial charge on any atom is 0.122 e. The molecule has 0 aliphatic carbocycles. The summed E-state index contributed by atoms with van der Waals surface area (Å²) >= 11 is 0. The van der Waals surface area contributed by atoms with E-state index < -0.39 is 0 Å². The normalized spacial score (nSPS) is 23.6. The highest BCUT2D eigenvalue weighted by atomic mass is 16.5. The second kappa shape index (κ2) is 6.95. The Hall–Kier alpha value is -1.26. The summed E-state index contributed by atoms with van der Waals surface area (Å²) in [6.07, 6.45) is 2.27. The van der Waals surface area contributed by atoms with E-state index in [2.05, 4.69) is 24.0 Å². The van der Waals surface area contributed by atoms with Gasteiger partial charge in [-0.25, -0.2) is 0 Å². The molecule has 1 aliphatic rings. The van der Waals surface area contributed by atoms with Crippen LogP contribution in [0.3, 0.4) is 0 Å². The quantitative estimate of drug-likeness (QED) is 0.898. The molecule has 1 aromatic rings. The van der Waals surface area contributed by atoms with Crippen molar-refractivity contribution in [3.63, 3.8) is 0 Å². The van der Waals surface area contributed by atoms with Gasteiger partial charge in [0, 0.05) is 31.8 Å². The molecule has 20 heavy (non-hydrogen) atoms. The molecule has 112 valence electrons. The third-order valence-corrected chi connectivity index (χ3v) is 4.16. The standard InChI is InChI=1S/C16H25NO3/c1-12-4-5-13(11-18)9-17(12)10-14-6-15(19-2)8-16(7-14)20-3/h6-8,12-13,18H,4-5,9-11H2,1-3H3. The Kier molecular flexibility index (Phi) is 5.26. The molecule has 1 heterocycles. The van der Waals surface area contributed by atoms with Crippen LogP contribution in [0.1, 0.15) is 25.3 Å². The fourth-order valence-electron chi connectivity index (χ4n) is 2.82. The van der Waals surface area contributed by atoms with Crippen molar-refractivity contribution in [2.75, 3.05) is 27.4 Å². The number of hydrogen-bond acceptors (Lipinski definition) is 4. The van der Waals surface area contributed by atoms with Crippen molar-refractivity contribution in [3.8, 4) is 11.5 Å². The van der Waals surface area contributed by atoms with Crippen molar-refractivity contribution in [2.24, 2.45) is 5.92 Å². The molecule has 1 aromatic carbocycles. The zero-order valence-electron chi connectivity index (χ0n) is 12.6. The zero-order chi connectivity index (χ0) is 14.5. The molecule has 4 heteroatoms. The zero-order valence-corrected chi connectivity index (χ0v) is 12.6. The lowest BCUT2D eigenvalue weighted by molar-refractivity contribution is 0.0770. The number of likely N-dealkylation sites (tertiary alicyclic amines) is 1. The predicted octanol–water partition coefficient (Wildman–Crippen LogP) is 2.30. The summed E-state index contributed by atoms with van der Waals surface area (Å²) in [5, 5.41) is 9.36. The fraction of sp³-hybridized carbons (Fsp3) is 0.625. The highest BCUT2D eigenvalue weighted by Gasteiger charge is 2.25. The average molecular weight is 279 g/mol. The van der Waals surface area contributed by atoms with Crippen molar-refractivity contribution in [1.82, 2.24) is 4.90 Å². The van der Waals surface area contributed by atoms with Crippen LogP contribution in [0.5, 0.6) is 11.5 Å². The first-order valence-electron chi connectivity index (χ1n) is 7.23. The number of benzene rings is 1. The number of ether oxygens (including phenoxy) is 2. The Morgan fingerprint density at radius 3 is 2.35 bits per heavy atom. The van der Waals surface area contributed by atoms with E-state index in [1.54, 1.807) is 14.2 Å². The van der Waals surface area contributed by atoms with Crippen molar-refractivity contribution < 1.29 is 14.6 Å². The van der Waals surface area contributed by atoms with Crippen LogP contribution in [0.4, 0.5) is 0 Å². The number of nitrogens with zero attached hydrogens (tertiary/aromatic N) is 1. The van der Waals surface area contributed by atoms with Gasteiger partial charge in [-0.15, -0.1) is 0 Å². The first-order valence-corrected chi connectivity index (χ1v) is 7.23. The van der Waals surface area contributed by atoms with Crippen LogP contribution in [0.2, 0.25) is 0 Å². The molecule has 0 radical (unpaired) electrons. The lowest BCUT2D eigenvalue weighted by Crippen LogP contribution is -2.42. The molecule has 1 aliphatic heterocycles. The van der Waals surface area contributed by atoms with E-state index in [4.69, 9.17) is 9.47 Å². The van der Waals surface area contributed by atoms with Crippen molar-refractivity contribution in [3.05, 3.63) is 23.8 Å². The molecule has 0 bridgehead atoms. The average Bonchev–Trinajstić information content (AvgIpc) is 2.49. The molecule has 0 aromatic heterocycles. The third kappa shape index (κ3) is 3.64. The monoisotopic (exact) mass is 279 g/mol. The predicted molar refractivity (Wildman–Crippen MR) is 79.2 cm³/mol. The minimum absolute atomic E-state index is 0.282. The third-order valence-electron chi connectivity index (χ3n) is 4.16. The fourth-order valence-corrected chi connectivity index (χ4v) is 2.82. The lowest BCUT2D eigenvalue weighted by Gasteiger charge is -2.37. The summed E-state index contributed by atoms with van der Waals surface area (Å²) in [6, 6.07) is 6.55. The van der Waals surface area contributed by atoms with Gasteiger partial charge in [-0.3, -0.25) is 4.90 Å². The van der Waals surface area contributed by atoms with Crippen LogP contribution in [0.15, 0.2) is 18.2 Å². The van der Waals surface area contributed by atoms with Gasteiger partial charge in [0.15, 0.2) is 0 Å². The van der Waals surface area contributed by atoms with Crippen molar-refractivity contribution in [1.29, 1.82) is 0 Å². The molecule has 0 saturated carbocycles. The molecular formula is C16H25NO3. The van der Waals surface area contributed by atoms with Gasteiger partial charge < -0.3 is 14.6 Å². The maximum atomic E-state index is 9.36. The maximum absolute atomic E-state index is 9.36. The number of piperidine rings is 1. The van der Waals surface area contributed by atoms with Crippen LogP contribution >= 0.6 is 0 Å². The van der Waals surface area contributed by atoms with Crippen LogP contribution in [0, 0.1) is 5.92 Å². The van der Waals surface area contributed by atoms with Crippen LogP contribution in [-0.2, 0) is 6.54 Å².